The number of pyridine rings is 1. The quantitative estimate of drug-likeness (QED) is 0.790. The first-order chi connectivity index (χ1) is 13.5. The Hall–Kier alpha value is -2.46. The summed E-state index contributed by atoms with van der Waals surface area (Å²) in [5.74, 6) is 1.27. The third-order valence-corrected chi connectivity index (χ3v) is 4.68. The Morgan fingerprint density at radius 2 is 1.50 bits per heavy atom. The summed E-state index contributed by atoms with van der Waals surface area (Å²) in [6.07, 6.45) is -3.26. The number of hydrogen-bond acceptors (Lipinski definition) is 7. The van der Waals surface area contributed by atoms with Gasteiger partial charge in [-0.25, -0.2) is 4.98 Å². The second kappa shape index (κ2) is 7.88. The van der Waals surface area contributed by atoms with E-state index in [0.717, 1.165) is 11.9 Å². The van der Waals surface area contributed by atoms with Crippen LogP contribution in [0.5, 0.6) is 0 Å². The highest BCUT2D eigenvalue weighted by molar-refractivity contribution is 5.64. The second-order valence-corrected chi connectivity index (χ2v) is 6.54. The molecule has 7 nitrogen and oxygen atoms in total. The van der Waals surface area contributed by atoms with Crippen LogP contribution in [-0.2, 0) is 15.7 Å². The van der Waals surface area contributed by atoms with Crippen LogP contribution in [0.2, 0.25) is 0 Å². The van der Waals surface area contributed by atoms with Crippen LogP contribution in [0, 0.1) is 0 Å². The van der Waals surface area contributed by atoms with Crippen molar-refractivity contribution in [1.29, 1.82) is 0 Å². The molecule has 2 aromatic rings. The number of nitrogens with zero attached hydrogens (tertiary/aromatic N) is 5. The molecule has 0 aliphatic carbocycles. The maximum atomic E-state index is 12.8. The van der Waals surface area contributed by atoms with Gasteiger partial charge < -0.3 is 19.3 Å². The highest BCUT2D eigenvalue weighted by atomic mass is 19.4. The maximum Gasteiger partial charge on any atom is 0.433 e. The van der Waals surface area contributed by atoms with Gasteiger partial charge >= 0.3 is 6.18 Å². The lowest BCUT2D eigenvalue weighted by Gasteiger charge is -2.31. The Kier molecular flexibility index (Phi) is 5.31. The molecule has 2 fully saturated rings. The zero-order valence-corrected chi connectivity index (χ0v) is 15.2. The smallest absolute Gasteiger partial charge is 0.378 e. The van der Waals surface area contributed by atoms with Gasteiger partial charge in [-0.15, -0.1) is 0 Å². The van der Waals surface area contributed by atoms with E-state index in [9.17, 15) is 13.2 Å². The Morgan fingerprint density at radius 1 is 0.857 bits per heavy atom. The highest BCUT2D eigenvalue weighted by Crippen LogP contribution is 2.30. The topological polar surface area (TPSA) is 63.6 Å². The molecule has 0 N–H and O–H groups in total. The van der Waals surface area contributed by atoms with Crippen LogP contribution < -0.4 is 9.80 Å². The third kappa shape index (κ3) is 4.17. The summed E-state index contributed by atoms with van der Waals surface area (Å²) in [6.45, 7) is 5.11. The monoisotopic (exact) mass is 395 g/mol. The Bertz CT molecular complexity index is 768. The lowest BCUT2D eigenvalue weighted by molar-refractivity contribution is -0.141. The first-order valence-electron chi connectivity index (χ1n) is 9.09. The van der Waals surface area contributed by atoms with Crippen molar-refractivity contribution in [2.24, 2.45) is 0 Å². The van der Waals surface area contributed by atoms with E-state index >= 15 is 0 Å². The van der Waals surface area contributed by atoms with Crippen LogP contribution in [0.4, 0.5) is 24.9 Å². The molecule has 10 heteroatoms. The molecule has 0 aromatic carbocycles. The summed E-state index contributed by atoms with van der Waals surface area (Å²) >= 11 is 0. The fourth-order valence-corrected chi connectivity index (χ4v) is 3.14. The van der Waals surface area contributed by atoms with E-state index < -0.39 is 11.9 Å². The molecule has 150 valence electrons. The summed E-state index contributed by atoms with van der Waals surface area (Å²) in [6, 6.07) is 4.16. The lowest BCUT2D eigenvalue weighted by Crippen LogP contribution is -2.39. The largest absolute Gasteiger partial charge is 0.433 e. The van der Waals surface area contributed by atoms with Crippen molar-refractivity contribution in [3.63, 3.8) is 0 Å². The van der Waals surface area contributed by atoms with Gasteiger partial charge in [-0.2, -0.15) is 18.2 Å². The van der Waals surface area contributed by atoms with Gasteiger partial charge in [0.1, 0.15) is 11.5 Å². The molecule has 0 atom stereocenters. The number of anilines is 2. The molecule has 0 spiro atoms. The molecular weight excluding hydrogens is 375 g/mol. The van der Waals surface area contributed by atoms with Gasteiger partial charge in [0.05, 0.1) is 32.1 Å². The van der Waals surface area contributed by atoms with E-state index in [2.05, 4.69) is 14.9 Å². The van der Waals surface area contributed by atoms with Crippen molar-refractivity contribution >= 4 is 11.8 Å². The molecule has 4 rings (SSSR count). The molecule has 2 aliphatic heterocycles. The average Bonchev–Trinajstić information content (AvgIpc) is 2.74. The van der Waals surface area contributed by atoms with Gasteiger partial charge in [0.25, 0.3) is 0 Å². The molecule has 0 saturated carbocycles. The first kappa shape index (κ1) is 18.9. The van der Waals surface area contributed by atoms with Crippen molar-refractivity contribution in [3.05, 3.63) is 30.1 Å². The van der Waals surface area contributed by atoms with Crippen LogP contribution >= 0.6 is 0 Å². The van der Waals surface area contributed by atoms with Gasteiger partial charge in [-0.05, 0) is 12.1 Å². The Morgan fingerprint density at radius 3 is 2.07 bits per heavy atom. The van der Waals surface area contributed by atoms with E-state index in [1.807, 2.05) is 4.90 Å². The number of halogens is 3. The predicted octanol–water partition coefficient (Wildman–Crippen LogP) is 2.23. The molecule has 0 bridgehead atoms. The fraction of sp³-hybridized carbons (Fsp3) is 0.500. The number of rotatable bonds is 3. The van der Waals surface area contributed by atoms with Gasteiger partial charge in [0.15, 0.2) is 0 Å². The Labute approximate surface area is 160 Å². The predicted molar refractivity (Wildman–Crippen MR) is 96.3 cm³/mol. The van der Waals surface area contributed by atoms with Crippen molar-refractivity contribution in [3.8, 4) is 11.3 Å². The standard InChI is InChI=1S/C18H20F3N5O2/c19-18(20,21)15-2-1-13(12-22-15)14-11-16(25-3-7-27-8-4-25)24-17(23-14)26-5-9-28-10-6-26/h1-2,11-12H,3-10H2. The lowest BCUT2D eigenvalue weighted by atomic mass is 10.2. The summed E-state index contributed by atoms with van der Waals surface area (Å²) in [5, 5.41) is 0. The second-order valence-electron chi connectivity index (χ2n) is 6.54. The van der Waals surface area contributed by atoms with Gasteiger partial charge in [-0.1, -0.05) is 0 Å². The number of ether oxygens (including phenoxy) is 2. The fourth-order valence-electron chi connectivity index (χ4n) is 3.14. The van der Waals surface area contributed by atoms with Gasteiger partial charge in [-0.3, -0.25) is 4.98 Å². The van der Waals surface area contributed by atoms with Crippen LogP contribution in [0.25, 0.3) is 11.3 Å². The van der Waals surface area contributed by atoms with Gasteiger partial charge in [0.2, 0.25) is 5.95 Å². The summed E-state index contributed by atoms with van der Waals surface area (Å²) < 4.78 is 49.2. The first-order valence-corrected chi connectivity index (χ1v) is 9.09. The van der Waals surface area contributed by atoms with E-state index in [1.54, 1.807) is 6.07 Å². The van der Waals surface area contributed by atoms with Crippen molar-refractivity contribution in [2.75, 3.05) is 62.4 Å². The number of hydrogen-bond donors (Lipinski definition) is 0. The van der Waals surface area contributed by atoms with E-state index in [4.69, 9.17) is 14.5 Å². The van der Waals surface area contributed by atoms with Crippen LogP contribution in [0.1, 0.15) is 5.69 Å². The van der Waals surface area contributed by atoms with E-state index in [-0.39, 0.29) is 0 Å². The van der Waals surface area contributed by atoms with Crippen LogP contribution in [0.3, 0.4) is 0 Å². The molecule has 28 heavy (non-hydrogen) atoms. The molecule has 2 aliphatic rings. The minimum atomic E-state index is -4.47. The highest BCUT2D eigenvalue weighted by Gasteiger charge is 2.32. The van der Waals surface area contributed by atoms with Gasteiger partial charge in [0, 0.05) is 44.0 Å². The van der Waals surface area contributed by atoms with Crippen molar-refractivity contribution in [1.82, 2.24) is 15.0 Å². The zero-order chi connectivity index (χ0) is 19.6. The van der Waals surface area contributed by atoms with E-state index in [1.165, 1.54) is 12.3 Å². The minimum absolute atomic E-state index is 0.513. The van der Waals surface area contributed by atoms with Crippen LogP contribution in [-0.4, -0.2) is 67.6 Å². The average molecular weight is 395 g/mol. The zero-order valence-electron chi connectivity index (χ0n) is 15.2. The number of alkyl halides is 3. The third-order valence-electron chi connectivity index (χ3n) is 4.68. The number of aromatic nitrogens is 3. The molecular formula is C18H20F3N5O2. The van der Waals surface area contributed by atoms with Crippen molar-refractivity contribution < 1.29 is 22.6 Å². The van der Waals surface area contributed by atoms with Crippen molar-refractivity contribution in [2.45, 2.75) is 6.18 Å². The normalized spacial score (nSPS) is 18.4. The molecule has 2 aromatic heterocycles. The molecule has 4 heterocycles. The maximum absolute atomic E-state index is 12.8. The number of morpholine rings is 2. The summed E-state index contributed by atoms with van der Waals surface area (Å²) in [4.78, 5) is 17.0. The molecule has 0 radical (unpaired) electrons. The molecule has 0 amide bonds. The summed E-state index contributed by atoms with van der Waals surface area (Å²) in [5.41, 5.74) is 0.130. The summed E-state index contributed by atoms with van der Waals surface area (Å²) in [7, 11) is 0. The van der Waals surface area contributed by atoms with E-state index in [0.29, 0.717) is 69.8 Å². The minimum Gasteiger partial charge on any atom is -0.378 e. The SMILES string of the molecule is FC(F)(F)c1ccc(-c2cc(N3CCOCC3)nc(N3CCOCC3)n2)cn1. The Balaban J connectivity index is 1.70. The molecule has 0 unspecified atom stereocenters. The van der Waals surface area contributed by atoms with Crippen LogP contribution in [0.15, 0.2) is 24.4 Å². The molecule has 2 saturated heterocycles.